The third-order valence-corrected chi connectivity index (χ3v) is 4.69. The summed E-state index contributed by atoms with van der Waals surface area (Å²) in [5, 5.41) is 0. The Morgan fingerprint density at radius 3 is 2.62 bits per heavy atom. The molecule has 2 heterocycles. The zero-order chi connectivity index (χ0) is 17.1. The second-order valence-electron chi connectivity index (χ2n) is 6.37. The maximum Gasteiger partial charge on any atom is 0.236 e. The summed E-state index contributed by atoms with van der Waals surface area (Å²) in [5.41, 5.74) is 6.19. The van der Waals surface area contributed by atoms with Gasteiger partial charge in [0.15, 0.2) is 0 Å². The van der Waals surface area contributed by atoms with Crippen LogP contribution in [0.3, 0.4) is 0 Å². The van der Waals surface area contributed by atoms with Crippen LogP contribution in [0.2, 0.25) is 0 Å². The molecule has 0 aromatic heterocycles. The van der Waals surface area contributed by atoms with E-state index in [4.69, 9.17) is 10.5 Å². The first-order valence-corrected chi connectivity index (χ1v) is 8.19. The molecule has 24 heavy (non-hydrogen) atoms. The Kier molecular flexibility index (Phi) is 5.11. The van der Waals surface area contributed by atoms with E-state index in [1.807, 2.05) is 4.90 Å². The number of amides is 2. The monoisotopic (exact) mass is 335 g/mol. The number of carbonyl (C=O) groups is 2. The number of nitrogens with two attached hydrogens (primary N) is 1. The lowest BCUT2D eigenvalue weighted by Crippen LogP contribution is -2.46. The van der Waals surface area contributed by atoms with Crippen LogP contribution in [-0.2, 0) is 14.3 Å². The molecule has 7 heteroatoms. The third-order valence-electron chi connectivity index (χ3n) is 4.69. The van der Waals surface area contributed by atoms with Gasteiger partial charge in [-0.05, 0) is 30.7 Å². The molecule has 0 saturated carbocycles. The van der Waals surface area contributed by atoms with Crippen LogP contribution < -0.4 is 5.73 Å². The van der Waals surface area contributed by atoms with Gasteiger partial charge in [-0.3, -0.25) is 14.5 Å². The molecule has 2 N–H and O–H groups in total. The number of ether oxygens (including phenoxy) is 1. The maximum atomic E-state index is 13.0. The highest BCUT2D eigenvalue weighted by Crippen LogP contribution is 2.23. The summed E-state index contributed by atoms with van der Waals surface area (Å²) < 4.78 is 18.7. The van der Waals surface area contributed by atoms with Gasteiger partial charge >= 0.3 is 0 Å². The zero-order valence-electron chi connectivity index (χ0n) is 13.5. The van der Waals surface area contributed by atoms with Gasteiger partial charge in [-0.25, -0.2) is 4.39 Å². The lowest BCUT2D eigenvalue weighted by molar-refractivity contribution is -0.140. The van der Waals surface area contributed by atoms with Crippen LogP contribution in [0.25, 0.3) is 0 Å². The lowest BCUT2D eigenvalue weighted by Gasteiger charge is -2.34. The number of primary amides is 1. The highest BCUT2D eigenvalue weighted by Gasteiger charge is 2.30. The molecule has 2 fully saturated rings. The highest BCUT2D eigenvalue weighted by molar-refractivity contribution is 5.79. The molecule has 0 bridgehead atoms. The normalized spacial score (nSPS) is 25.0. The number of nitrogens with zero attached hydrogens (tertiary/aromatic N) is 2. The first-order valence-electron chi connectivity index (χ1n) is 8.19. The Morgan fingerprint density at radius 1 is 1.21 bits per heavy atom. The number of carbonyl (C=O) groups excluding carboxylic acids is 2. The molecule has 1 aromatic carbocycles. The number of likely N-dealkylation sites (tertiary alicyclic amines) is 1. The molecule has 6 nitrogen and oxygen atoms in total. The molecule has 0 spiro atoms. The smallest absolute Gasteiger partial charge is 0.236 e. The lowest BCUT2D eigenvalue weighted by atomic mass is 10.1. The van der Waals surface area contributed by atoms with E-state index in [0.29, 0.717) is 45.8 Å². The van der Waals surface area contributed by atoms with Gasteiger partial charge in [-0.1, -0.05) is 12.1 Å². The molecule has 2 amide bonds. The van der Waals surface area contributed by atoms with Crippen LogP contribution in [-0.4, -0.2) is 60.9 Å². The Labute approximate surface area is 140 Å². The van der Waals surface area contributed by atoms with Crippen molar-refractivity contribution in [3.05, 3.63) is 35.6 Å². The van der Waals surface area contributed by atoms with Crippen molar-refractivity contribution in [1.29, 1.82) is 0 Å². The van der Waals surface area contributed by atoms with Crippen molar-refractivity contribution in [2.24, 2.45) is 11.7 Å². The third kappa shape index (κ3) is 3.91. The maximum absolute atomic E-state index is 13.0. The largest absolute Gasteiger partial charge is 0.370 e. The van der Waals surface area contributed by atoms with E-state index in [9.17, 15) is 14.0 Å². The molecule has 3 rings (SSSR count). The fraction of sp³-hybridized carbons (Fsp3) is 0.529. The molecule has 1 aromatic rings. The predicted octanol–water partition coefficient (Wildman–Crippen LogP) is 0.533. The average Bonchev–Trinajstić information content (AvgIpc) is 3.04. The molecule has 0 aliphatic carbocycles. The minimum absolute atomic E-state index is 0.0236. The topological polar surface area (TPSA) is 75.9 Å². The zero-order valence-corrected chi connectivity index (χ0v) is 13.5. The Balaban J connectivity index is 1.55. The van der Waals surface area contributed by atoms with E-state index in [0.717, 1.165) is 5.56 Å². The molecule has 2 saturated heterocycles. The van der Waals surface area contributed by atoms with Gasteiger partial charge in [0.05, 0.1) is 25.6 Å². The first-order chi connectivity index (χ1) is 11.5. The summed E-state index contributed by atoms with van der Waals surface area (Å²) in [4.78, 5) is 27.5. The molecule has 0 unspecified atom stereocenters. The van der Waals surface area contributed by atoms with E-state index in [1.165, 1.54) is 12.1 Å². The van der Waals surface area contributed by atoms with Gasteiger partial charge in [0.25, 0.3) is 0 Å². The highest BCUT2D eigenvalue weighted by atomic mass is 19.1. The number of morpholine rings is 1. The molecule has 2 atom stereocenters. The molecule has 2 aliphatic rings. The van der Waals surface area contributed by atoms with E-state index in [1.54, 1.807) is 17.0 Å². The molecule has 2 aliphatic heterocycles. The van der Waals surface area contributed by atoms with Crippen molar-refractivity contribution in [1.82, 2.24) is 9.80 Å². The summed E-state index contributed by atoms with van der Waals surface area (Å²) in [6, 6.07) is 6.17. The second kappa shape index (κ2) is 7.27. The standard InChI is InChI=1S/C17H22FN3O3/c18-14-3-1-12(2-4-14)15-10-21(7-8-24-15)16(22)11-20-6-5-13(9-20)17(19)23/h1-4,13,15H,5-11H2,(H2,19,23)/t13-,15-/m0/s1. The van der Waals surface area contributed by atoms with Crippen molar-refractivity contribution in [2.45, 2.75) is 12.5 Å². The fourth-order valence-electron chi connectivity index (χ4n) is 3.25. The number of rotatable bonds is 4. The molecular formula is C17H22FN3O3. The van der Waals surface area contributed by atoms with E-state index in [2.05, 4.69) is 0 Å². The van der Waals surface area contributed by atoms with E-state index >= 15 is 0 Å². The van der Waals surface area contributed by atoms with Gasteiger partial charge < -0.3 is 15.4 Å². The Hall–Kier alpha value is -1.99. The van der Waals surface area contributed by atoms with Crippen molar-refractivity contribution < 1.29 is 18.7 Å². The van der Waals surface area contributed by atoms with E-state index < -0.39 is 0 Å². The van der Waals surface area contributed by atoms with Crippen LogP contribution >= 0.6 is 0 Å². The van der Waals surface area contributed by atoms with Crippen LogP contribution in [0.5, 0.6) is 0 Å². The van der Waals surface area contributed by atoms with Gasteiger partial charge in [0.1, 0.15) is 11.9 Å². The van der Waals surface area contributed by atoms with Gasteiger partial charge in [0, 0.05) is 13.1 Å². The van der Waals surface area contributed by atoms with Crippen molar-refractivity contribution in [3.63, 3.8) is 0 Å². The van der Waals surface area contributed by atoms with Crippen LogP contribution in [0.15, 0.2) is 24.3 Å². The van der Waals surface area contributed by atoms with Crippen LogP contribution in [0, 0.1) is 11.7 Å². The van der Waals surface area contributed by atoms with Gasteiger partial charge in [0.2, 0.25) is 11.8 Å². The van der Waals surface area contributed by atoms with Gasteiger partial charge in [-0.15, -0.1) is 0 Å². The average molecular weight is 335 g/mol. The SMILES string of the molecule is NC(=O)[C@H]1CCN(CC(=O)N2CCO[C@H](c3ccc(F)cc3)C2)C1. The summed E-state index contributed by atoms with van der Waals surface area (Å²) >= 11 is 0. The summed E-state index contributed by atoms with van der Waals surface area (Å²) in [6.45, 7) is 3.01. The summed E-state index contributed by atoms with van der Waals surface area (Å²) in [6.07, 6.45) is 0.476. The number of benzene rings is 1. The summed E-state index contributed by atoms with van der Waals surface area (Å²) in [5.74, 6) is -0.724. The van der Waals surface area contributed by atoms with Crippen molar-refractivity contribution in [3.8, 4) is 0 Å². The van der Waals surface area contributed by atoms with Crippen molar-refractivity contribution >= 4 is 11.8 Å². The fourth-order valence-corrected chi connectivity index (χ4v) is 3.25. The number of hydrogen-bond donors (Lipinski definition) is 1. The molecular weight excluding hydrogens is 313 g/mol. The van der Waals surface area contributed by atoms with Gasteiger partial charge in [-0.2, -0.15) is 0 Å². The Morgan fingerprint density at radius 2 is 1.96 bits per heavy atom. The first kappa shape index (κ1) is 16.9. The predicted molar refractivity (Wildman–Crippen MR) is 85.4 cm³/mol. The number of hydrogen-bond acceptors (Lipinski definition) is 4. The molecule has 0 radical (unpaired) electrons. The second-order valence-corrected chi connectivity index (χ2v) is 6.37. The quantitative estimate of drug-likeness (QED) is 0.871. The molecule has 130 valence electrons. The minimum atomic E-state index is -0.298. The van der Waals surface area contributed by atoms with Crippen LogP contribution in [0.4, 0.5) is 4.39 Å². The summed E-state index contributed by atoms with van der Waals surface area (Å²) in [7, 11) is 0. The van der Waals surface area contributed by atoms with E-state index in [-0.39, 0.29) is 29.7 Å². The number of halogens is 1. The Bertz CT molecular complexity index is 608. The van der Waals surface area contributed by atoms with Crippen LogP contribution in [0.1, 0.15) is 18.1 Å². The van der Waals surface area contributed by atoms with Crippen molar-refractivity contribution in [2.75, 3.05) is 39.3 Å². The minimum Gasteiger partial charge on any atom is -0.370 e.